The van der Waals surface area contributed by atoms with Crippen molar-refractivity contribution in [2.45, 2.75) is 43.8 Å². The number of benzene rings is 2. The summed E-state index contributed by atoms with van der Waals surface area (Å²) in [6, 6.07) is 6.00. The Labute approximate surface area is 190 Å². The lowest BCUT2D eigenvalue weighted by Gasteiger charge is -2.23. The Morgan fingerprint density at radius 1 is 1.00 bits per heavy atom. The molecule has 1 aliphatic heterocycles. The third kappa shape index (κ3) is 5.99. The monoisotopic (exact) mass is 456 g/mol. The van der Waals surface area contributed by atoms with Crippen molar-refractivity contribution in [2.24, 2.45) is 11.5 Å². The van der Waals surface area contributed by atoms with Gasteiger partial charge in [0.2, 0.25) is 11.8 Å². The zero-order valence-electron chi connectivity index (χ0n) is 18.0. The molecule has 10 nitrogen and oxygen atoms in total. The molecule has 0 unspecified atom stereocenters. The van der Waals surface area contributed by atoms with Crippen LogP contribution in [0.1, 0.15) is 24.0 Å². The number of carboxylic acid groups (broad SMARTS) is 1. The second-order valence-electron chi connectivity index (χ2n) is 8.14. The van der Waals surface area contributed by atoms with Crippen molar-refractivity contribution < 1.29 is 29.7 Å². The maximum Gasteiger partial charge on any atom is 0.326 e. The number of aromatic hydroxyl groups is 2. The Morgan fingerprint density at radius 3 is 2.45 bits per heavy atom. The van der Waals surface area contributed by atoms with Crippen LogP contribution in [0.3, 0.4) is 0 Å². The van der Waals surface area contributed by atoms with Crippen LogP contribution in [-0.2, 0) is 27.2 Å². The van der Waals surface area contributed by atoms with Gasteiger partial charge in [-0.3, -0.25) is 9.59 Å². The third-order valence-corrected chi connectivity index (χ3v) is 5.55. The van der Waals surface area contributed by atoms with Crippen molar-refractivity contribution in [3.63, 3.8) is 0 Å². The molecule has 0 saturated heterocycles. The standard InChI is InChI=1S/C23H28N4O6/c24-5-1-2-18-22(31)27-19(23(32)33)8-12-6-14(10-16(28)7-12)13-3-4-20(29)15(9-13)11-17(25)21(30)26-18/h3-4,6-7,9-10,17-19,28-29H,1-2,5,8,11,24-25H2,(H,26,30)(H,27,31)(H,32,33)/t17-,18-,19-/m0/s1. The molecule has 0 aliphatic carbocycles. The van der Waals surface area contributed by atoms with Gasteiger partial charge in [-0.1, -0.05) is 12.1 Å². The number of nitrogens with two attached hydrogens (primary N) is 2. The number of phenolic OH excluding ortho intramolecular Hbond substituents is 2. The summed E-state index contributed by atoms with van der Waals surface area (Å²) in [5.74, 6) is -2.67. The quantitative estimate of drug-likeness (QED) is 0.334. The van der Waals surface area contributed by atoms with E-state index in [1.165, 1.54) is 18.2 Å². The number of amides is 2. The van der Waals surface area contributed by atoms with Crippen LogP contribution in [0.5, 0.6) is 11.5 Å². The van der Waals surface area contributed by atoms with E-state index < -0.39 is 35.9 Å². The van der Waals surface area contributed by atoms with Gasteiger partial charge in [0.15, 0.2) is 0 Å². The van der Waals surface area contributed by atoms with Gasteiger partial charge in [-0.25, -0.2) is 4.79 Å². The number of hydrogen-bond donors (Lipinski definition) is 7. The molecule has 9 N–H and O–H groups in total. The highest BCUT2D eigenvalue weighted by Crippen LogP contribution is 2.30. The van der Waals surface area contributed by atoms with Crippen molar-refractivity contribution in [3.05, 3.63) is 47.5 Å². The second kappa shape index (κ2) is 10.3. The number of carbonyl (C=O) groups excluding carboxylic acids is 2. The van der Waals surface area contributed by atoms with Crippen LogP contribution >= 0.6 is 0 Å². The van der Waals surface area contributed by atoms with Gasteiger partial charge in [0.25, 0.3) is 0 Å². The number of carboxylic acids is 1. The SMILES string of the molecule is NCCC[C@@H]1NC(=O)[C@@H](N)Cc2cc(ccc2O)-c2cc(O)cc(c2)C[C@@H](C(=O)O)NC1=O. The normalized spacial score (nSPS) is 21.3. The summed E-state index contributed by atoms with van der Waals surface area (Å²) in [5.41, 5.74) is 13.7. The van der Waals surface area contributed by atoms with Crippen LogP contribution < -0.4 is 22.1 Å². The Morgan fingerprint density at radius 2 is 1.76 bits per heavy atom. The number of phenols is 2. The first-order valence-corrected chi connectivity index (χ1v) is 10.6. The van der Waals surface area contributed by atoms with E-state index in [9.17, 15) is 29.7 Å². The van der Waals surface area contributed by atoms with Crippen LogP contribution in [0, 0.1) is 0 Å². The van der Waals surface area contributed by atoms with E-state index in [2.05, 4.69) is 10.6 Å². The van der Waals surface area contributed by atoms with Gasteiger partial charge in [-0.15, -0.1) is 0 Å². The lowest BCUT2D eigenvalue weighted by Crippen LogP contribution is -2.55. The van der Waals surface area contributed by atoms with Crippen LogP contribution in [0.2, 0.25) is 0 Å². The molecule has 0 radical (unpaired) electrons. The van der Waals surface area contributed by atoms with E-state index in [1.807, 2.05) is 0 Å². The molecular formula is C23H28N4O6. The first-order chi connectivity index (χ1) is 15.7. The Bertz CT molecular complexity index is 1060. The predicted molar refractivity (Wildman–Crippen MR) is 120 cm³/mol. The van der Waals surface area contributed by atoms with Crippen molar-refractivity contribution in [3.8, 4) is 22.6 Å². The lowest BCUT2D eigenvalue weighted by atomic mass is 9.95. The molecule has 3 atom stereocenters. The number of nitrogens with one attached hydrogen (secondary N) is 2. The minimum Gasteiger partial charge on any atom is -0.508 e. The predicted octanol–water partition coefficient (Wildman–Crippen LogP) is -0.0162. The van der Waals surface area contributed by atoms with Gasteiger partial charge in [0.1, 0.15) is 23.6 Å². The average Bonchev–Trinajstić information content (AvgIpc) is 2.76. The smallest absolute Gasteiger partial charge is 0.326 e. The minimum absolute atomic E-state index is 0.000157. The molecule has 0 fully saturated rings. The van der Waals surface area contributed by atoms with Crippen molar-refractivity contribution in [1.82, 2.24) is 10.6 Å². The molecule has 4 bridgehead atoms. The van der Waals surface area contributed by atoms with Crippen molar-refractivity contribution in [1.29, 1.82) is 0 Å². The largest absolute Gasteiger partial charge is 0.508 e. The van der Waals surface area contributed by atoms with Crippen LogP contribution in [0.15, 0.2) is 36.4 Å². The van der Waals surface area contributed by atoms with Crippen LogP contribution in [0.4, 0.5) is 0 Å². The zero-order chi connectivity index (χ0) is 24.1. The summed E-state index contributed by atoms with van der Waals surface area (Å²) >= 11 is 0. The molecule has 1 heterocycles. The highest BCUT2D eigenvalue weighted by molar-refractivity contribution is 5.92. The number of hydrogen-bond acceptors (Lipinski definition) is 7. The molecular weight excluding hydrogens is 428 g/mol. The number of rotatable bonds is 4. The van der Waals surface area contributed by atoms with Gasteiger partial charge < -0.3 is 37.4 Å². The van der Waals surface area contributed by atoms with E-state index in [0.29, 0.717) is 28.7 Å². The number of carbonyl (C=O) groups is 3. The number of aliphatic carboxylic acids is 1. The molecule has 1 aliphatic rings. The van der Waals surface area contributed by atoms with Gasteiger partial charge in [0, 0.05) is 12.8 Å². The molecule has 0 saturated carbocycles. The average molecular weight is 456 g/mol. The molecule has 3 rings (SSSR count). The highest BCUT2D eigenvalue weighted by atomic mass is 16.4. The Hall–Kier alpha value is -3.63. The van der Waals surface area contributed by atoms with E-state index in [-0.39, 0.29) is 37.3 Å². The van der Waals surface area contributed by atoms with E-state index in [1.54, 1.807) is 18.2 Å². The molecule has 2 amide bonds. The molecule has 0 spiro atoms. The molecule has 2 aromatic carbocycles. The summed E-state index contributed by atoms with van der Waals surface area (Å²) < 4.78 is 0. The lowest BCUT2D eigenvalue weighted by molar-refractivity contribution is -0.142. The minimum atomic E-state index is -1.29. The fourth-order valence-corrected chi connectivity index (χ4v) is 3.79. The topological polar surface area (TPSA) is 188 Å². The Kier molecular flexibility index (Phi) is 7.52. The van der Waals surface area contributed by atoms with Gasteiger partial charge in [-0.05, 0) is 65.9 Å². The van der Waals surface area contributed by atoms with E-state index in [4.69, 9.17) is 11.5 Å². The summed E-state index contributed by atoms with van der Waals surface area (Å²) in [5, 5.41) is 35.2. The molecule has 10 heteroatoms. The van der Waals surface area contributed by atoms with Gasteiger partial charge in [-0.2, -0.15) is 0 Å². The number of fused-ring (bicyclic) bond motifs is 5. The zero-order valence-corrected chi connectivity index (χ0v) is 18.0. The Balaban J connectivity index is 2.08. The van der Waals surface area contributed by atoms with Crippen LogP contribution in [0.25, 0.3) is 11.1 Å². The first kappa shape index (κ1) is 24.0. The van der Waals surface area contributed by atoms with E-state index in [0.717, 1.165) is 0 Å². The molecule has 0 aromatic heterocycles. The summed E-state index contributed by atoms with van der Waals surface area (Å²) in [6.07, 6.45) is 0.527. The van der Waals surface area contributed by atoms with Gasteiger partial charge >= 0.3 is 5.97 Å². The second-order valence-corrected chi connectivity index (χ2v) is 8.14. The summed E-state index contributed by atoms with van der Waals surface area (Å²) in [6.45, 7) is 0.279. The van der Waals surface area contributed by atoms with E-state index >= 15 is 0 Å². The fourth-order valence-electron chi connectivity index (χ4n) is 3.79. The van der Waals surface area contributed by atoms with Crippen molar-refractivity contribution in [2.75, 3.05) is 6.54 Å². The fraction of sp³-hybridized carbons (Fsp3) is 0.348. The summed E-state index contributed by atoms with van der Waals surface area (Å²) in [7, 11) is 0. The molecule has 2 aromatic rings. The molecule has 176 valence electrons. The van der Waals surface area contributed by atoms with Crippen LogP contribution in [-0.4, -0.2) is 57.8 Å². The maximum absolute atomic E-state index is 12.9. The third-order valence-electron chi connectivity index (χ3n) is 5.55. The first-order valence-electron chi connectivity index (χ1n) is 10.6. The maximum atomic E-state index is 12.9. The van der Waals surface area contributed by atoms with Crippen molar-refractivity contribution >= 4 is 17.8 Å². The summed E-state index contributed by atoms with van der Waals surface area (Å²) in [4.78, 5) is 37.4. The highest BCUT2D eigenvalue weighted by Gasteiger charge is 2.28. The van der Waals surface area contributed by atoms with Gasteiger partial charge in [0.05, 0.1) is 6.04 Å². The molecule has 33 heavy (non-hydrogen) atoms.